The SMILES string of the molecule is Cn1nnnc1SCc1ncno1. The van der Waals surface area contributed by atoms with Gasteiger partial charge >= 0.3 is 0 Å². The zero-order chi connectivity index (χ0) is 9.10. The Hall–Kier alpha value is -1.44. The Labute approximate surface area is 77.5 Å². The van der Waals surface area contributed by atoms with Gasteiger partial charge < -0.3 is 4.52 Å². The van der Waals surface area contributed by atoms with E-state index in [-0.39, 0.29) is 0 Å². The summed E-state index contributed by atoms with van der Waals surface area (Å²) in [5, 5.41) is 15.2. The molecule has 0 aromatic carbocycles. The lowest BCUT2D eigenvalue weighted by Crippen LogP contribution is -1.93. The molecule has 0 amide bonds. The van der Waals surface area contributed by atoms with Gasteiger partial charge in [-0.1, -0.05) is 16.9 Å². The van der Waals surface area contributed by atoms with Crippen molar-refractivity contribution in [3.8, 4) is 0 Å². The number of tetrazole rings is 1. The van der Waals surface area contributed by atoms with Crippen LogP contribution >= 0.6 is 11.8 Å². The Balaban J connectivity index is 1.97. The third-order valence-corrected chi connectivity index (χ3v) is 2.31. The van der Waals surface area contributed by atoms with Gasteiger partial charge in [-0.05, 0) is 10.4 Å². The lowest BCUT2D eigenvalue weighted by molar-refractivity contribution is 0.390. The third-order valence-electron chi connectivity index (χ3n) is 1.31. The molecule has 0 fully saturated rings. The summed E-state index contributed by atoms with van der Waals surface area (Å²) in [6.07, 6.45) is 1.37. The number of nitrogens with zero attached hydrogens (tertiary/aromatic N) is 6. The Bertz CT molecular complexity index is 370. The second kappa shape index (κ2) is 3.52. The van der Waals surface area contributed by atoms with Gasteiger partial charge in [-0.3, -0.25) is 0 Å². The fraction of sp³-hybridized carbons (Fsp3) is 0.400. The van der Waals surface area contributed by atoms with Crippen molar-refractivity contribution in [2.24, 2.45) is 7.05 Å². The molecule has 0 aliphatic carbocycles. The normalized spacial score (nSPS) is 10.5. The molecule has 0 aliphatic rings. The number of hydrogen-bond donors (Lipinski definition) is 0. The predicted octanol–water partition coefficient (Wildman–Crippen LogP) is -0.115. The van der Waals surface area contributed by atoms with Gasteiger partial charge in [-0.15, -0.1) is 5.10 Å². The van der Waals surface area contributed by atoms with E-state index in [1.54, 1.807) is 11.7 Å². The molecule has 0 spiro atoms. The molecule has 7 nitrogen and oxygen atoms in total. The minimum atomic E-state index is 0.563. The van der Waals surface area contributed by atoms with Crippen molar-refractivity contribution in [3.05, 3.63) is 12.2 Å². The lowest BCUT2D eigenvalue weighted by Gasteiger charge is -1.93. The summed E-state index contributed by atoms with van der Waals surface area (Å²) >= 11 is 1.44. The number of hydrogen-bond acceptors (Lipinski definition) is 7. The van der Waals surface area contributed by atoms with Gasteiger partial charge in [-0.25, -0.2) is 4.68 Å². The fourth-order valence-corrected chi connectivity index (χ4v) is 1.43. The van der Waals surface area contributed by atoms with Crippen molar-refractivity contribution >= 4 is 11.8 Å². The monoisotopic (exact) mass is 198 g/mol. The van der Waals surface area contributed by atoms with Gasteiger partial charge in [0, 0.05) is 7.05 Å². The first kappa shape index (κ1) is 8.17. The van der Waals surface area contributed by atoms with E-state index < -0.39 is 0 Å². The molecular weight excluding hydrogens is 192 g/mol. The average molecular weight is 198 g/mol. The van der Waals surface area contributed by atoms with E-state index in [1.807, 2.05) is 0 Å². The molecule has 0 radical (unpaired) electrons. The predicted molar refractivity (Wildman–Crippen MR) is 42.7 cm³/mol. The minimum absolute atomic E-state index is 0.563. The summed E-state index contributed by atoms with van der Waals surface area (Å²) in [6, 6.07) is 0. The third kappa shape index (κ3) is 1.83. The number of thioether (sulfide) groups is 1. The molecule has 0 atom stereocenters. The molecule has 13 heavy (non-hydrogen) atoms. The average Bonchev–Trinajstić information content (AvgIpc) is 2.72. The molecule has 0 saturated heterocycles. The van der Waals surface area contributed by atoms with Crippen LogP contribution in [0.15, 0.2) is 16.0 Å². The molecule has 68 valence electrons. The molecular formula is C5H6N6OS. The van der Waals surface area contributed by atoms with E-state index in [9.17, 15) is 0 Å². The van der Waals surface area contributed by atoms with Gasteiger partial charge in [0.15, 0.2) is 6.33 Å². The molecule has 0 N–H and O–H groups in total. The van der Waals surface area contributed by atoms with Crippen molar-refractivity contribution in [3.63, 3.8) is 0 Å². The van der Waals surface area contributed by atoms with Gasteiger partial charge in [0.05, 0.1) is 5.75 Å². The highest BCUT2D eigenvalue weighted by molar-refractivity contribution is 7.98. The van der Waals surface area contributed by atoms with Gasteiger partial charge in [0.2, 0.25) is 11.0 Å². The summed E-state index contributed by atoms with van der Waals surface area (Å²) in [4.78, 5) is 3.87. The van der Waals surface area contributed by atoms with Crippen LogP contribution in [-0.4, -0.2) is 30.3 Å². The number of rotatable bonds is 3. The highest BCUT2D eigenvalue weighted by Crippen LogP contribution is 2.16. The Morgan fingerprint density at radius 2 is 2.54 bits per heavy atom. The first-order chi connectivity index (χ1) is 6.36. The van der Waals surface area contributed by atoms with Crippen molar-refractivity contribution in [2.45, 2.75) is 10.9 Å². The first-order valence-electron chi connectivity index (χ1n) is 3.47. The number of aromatic nitrogens is 6. The fourth-order valence-electron chi connectivity index (χ4n) is 0.729. The zero-order valence-corrected chi connectivity index (χ0v) is 7.60. The van der Waals surface area contributed by atoms with Crippen LogP contribution in [-0.2, 0) is 12.8 Å². The quantitative estimate of drug-likeness (QED) is 0.636. The Morgan fingerprint density at radius 1 is 1.62 bits per heavy atom. The molecule has 0 aliphatic heterocycles. The molecule has 2 aromatic rings. The lowest BCUT2D eigenvalue weighted by atomic mass is 10.8. The molecule has 2 heterocycles. The summed E-state index contributed by atoms with van der Waals surface area (Å²) in [7, 11) is 1.77. The van der Waals surface area contributed by atoms with Crippen LogP contribution in [0.1, 0.15) is 5.89 Å². The highest BCUT2D eigenvalue weighted by atomic mass is 32.2. The summed E-state index contributed by atoms with van der Waals surface area (Å²) in [5.41, 5.74) is 0. The molecule has 0 bridgehead atoms. The zero-order valence-electron chi connectivity index (χ0n) is 6.78. The molecule has 0 saturated carbocycles. The van der Waals surface area contributed by atoms with E-state index >= 15 is 0 Å². The van der Waals surface area contributed by atoms with Crippen LogP contribution < -0.4 is 0 Å². The van der Waals surface area contributed by atoms with E-state index in [1.165, 1.54) is 18.1 Å². The maximum absolute atomic E-state index is 4.81. The molecule has 2 aromatic heterocycles. The highest BCUT2D eigenvalue weighted by Gasteiger charge is 2.05. The number of aryl methyl sites for hydroxylation is 1. The minimum Gasteiger partial charge on any atom is -0.339 e. The topological polar surface area (TPSA) is 82.5 Å². The van der Waals surface area contributed by atoms with E-state index in [0.29, 0.717) is 11.6 Å². The Morgan fingerprint density at radius 3 is 3.15 bits per heavy atom. The molecule has 0 unspecified atom stereocenters. The maximum Gasteiger partial charge on any atom is 0.236 e. The Kier molecular flexibility index (Phi) is 2.21. The summed E-state index contributed by atoms with van der Waals surface area (Å²) < 4.78 is 6.40. The summed E-state index contributed by atoms with van der Waals surface area (Å²) in [5.74, 6) is 1.14. The molecule has 2 rings (SSSR count). The second-order valence-electron chi connectivity index (χ2n) is 2.21. The van der Waals surface area contributed by atoms with Crippen molar-refractivity contribution in [2.75, 3.05) is 0 Å². The largest absolute Gasteiger partial charge is 0.339 e. The van der Waals surface area contributed by atoms with Crippen LogP contribution in [0.5, 0.6) is 0 Å². The smallest absolute Gasteiger partial charge is 0.236 e. The first-order valence-corrected chi connectivity index (χ1v) is 4.45. The van der Waals surface area contributed by atoms with E-state index in [0.717, 1.165) is 5.16 Å². The van der Waals surface area contributed by atoms with Gasteiger partial charge in [0.1, 0.15) is 0 Å². The van der Waals surface area contributed by atoms with Crippen molar-refractivity contribution in [1.29, 1.82) is 0 Å². The van der Waals surface area contributed by atoms with Crippen LogP contribution in [0, 0.1) is 0 Å². The van der Waals surface area contributed by atoms with Crippen LogP contribution in [0.25, 0.3) is 0 Å². The van der Waals surface area contributed by atoms with Crippen LogP contribution in [0.2, 0.25) is 0 Å². The second-order valence-corrected chi connectivity index (χ2v) is 3.15. The maximum atomic E-state index is 4.81. The van der Waals surface area contributed by atoms with E-state index in [4.69, 9.17) is 4.52 Å². The van der Waals surface area contributed by atoms with Crippen LogP contribution in [0.4, 0.5) is 0 Å². The standard InChI is InChI=1S/C5H6N6OS/c1-11-5(8-9-10-11)13-2-4-6-3-7-12-4/h3H,2H2,1H3. The van der Waals surface area contributed by atoms with Gasteiger partial charge in [-0.2, -0.15) is 4.98 Å². The van der Waals surface area contributed by atoms with Crippen molar-refractivity contribution < 1.29 is 4.52 Å². The summed E-state index contributed by atoms with van der Waals surface area (Å²) in [6.45, 7) is 0. The van der Waals surface area contributed by atoms with E-state index in [2.05, 4.69) is 25.7 Å². The molecule has 8 heteroatoms. The van der Waals surface area contributed by atoms with Gasteiger partial charge in [0.25, 0.3) is 0 Å². The van der Waals surface area contributed by atoms with Crippen LogP contribution in [0.3, 0.4) is 0 Å². The van der Waals surface area contributed by atoms with Crippen molar-refractivity contribution in [1.82, 2.24) is 30.3 Å².